The number of carbonyl (C=O) groups excluding carboxylic acids is 1. The molecule has 0 aliphatic rings. The van der Waals surface area contributed by atoms with Gasteiger partial charge in [0.2, 0.25) is 5.91 Å². The molecule has 1 amide bonds. The fourth-order valence-corrected chi connectivity index (χ4v) is 1.75. The molecular formula is C14H20N2O3. The Bertz CT molecular complexity index is 443. The first-order valence-corrected chi connectivity index (χ1v) is 6.21. The summed E-state index contributed by atoms with van der Waals surface area (Å²) >= 11 is 0. The van der Waals surface area contributed by atoms with E-state index in [0.717, 1.165) is 5.56 Å². The quantitative estimate of drug-likeness (QED) is 0.766. The van der Waals surface area contributed by atoms with Crippen molar-refractivity contribution in [2.24, 2.45) is 0 Å². The third-order valence-electron chi connectivity index (χ3n) is 3.07. The number of hydrogen-bond donors (Lipinski definition) is 2. The molecule has 0 aliphatic carbocycles. The summed E-state index contributed by atoms with van der Waals surface area (Å²) in [5.41, 5.74) is 7.36. The maximum absolute atomic E-state index is 11.9. The molecule has 1 unspecified atom stereocenters. The number of carbonyl (C=O) groups is 2. The number of nitrogens with two attached hydrogens (primary N) is 1. The molecule has 0 saturated carbocycles. The Hall–Kier alpha value is -2.04. The third kappa shape index (κ3) is 4.99. The van der Waals surface area contributed by atoms with Gasteiger partial charge in [-0.2, -0.15) is 0 Å². The van der Waals surface area contributed by atoms with E-state index in [1.165, 1.54) is 4.90 Å². The fourth-order valence-electron chi connectivity index (χ4n) is 1.75. The first-order chi connectivity index (χ1) is 8.90. The summed E-state index contributed by atoms with van der Waals surface area (Å²) in [4.78, 5) is 23.8. The summed E-state index contributed by atoms with van der Waals surface area (Å²) in [5.74, 6) is -0.864. The first-order valence-electron chi connectivity index (χ1n) is 6.21. The molecule has 1 rings (SSSR count). The monoisotopic (exact) mass is 264 g/mol. The fraction of sp³-hybridized carbons (Fsp3) is 0.429. The normalized spacial score (nSPS) is 11.9. The standard InChI is InChI=1S/C14H20N2O3/c1-10(11-3-5-12(15)6-4-11)9-13(17)16(2)8-7-14(18)19/h3-6,10H,7-9,15H2,1-2H3,(H,18,19). The maximum Gasteiger partial charge on any atom is 0.305 e. The van der Waals surface area contributed by atoms with Crippen LogP contribution in [0.4, 0.5) is 5.69 Å². The average molecular weight is 264 g/mol. The van der Waals surface area contributed by atoms with Crippen molar-refractivity contribution in [2.75, 3.05) is 19.3 Å². The van der Waals surface area contributed by atoms with E-state index >= 15 is 0 Å². The predicted molar refractivity (Wildman–Crippen MR) is 73.8 cm³/mol. The highest BCUT2D eigenvalue weighted by Crippen LogP contribution is 2.20. The van der Waals surface area contributed by atoms with Crippen LogP contribution in [-0.2, 0) is 9.59 Å². The van der Waals surface area contributed by atoms with E-state index in [2.05, 4.69) is 0 Å². The maximum atomic E-state index is 11.9. The molecule has 0 spiro atoms. The Kier molecular flexibility index (Phi) is 5.36. The Balaban J connectivity index is 2.51. The molecule has 1 aromatic carbocycles. The van der Waals surface area contributed by atoms with E-state index in [-0.39, 0.29) is 24.8 Å². The Labute approximate surface area is 113 Å². The van der Waals surface area contributed by atoms with E-state index in [1.54, 1.807) is 7.05 Å². The van der Waals surface area contributed by atoms with Gasteiger partial charge in [-0.1, -0.05) is 19.1 Å². The van der Waals surface area contributed by atoms with Gasteiger partial charge in [0.15, 0.2) is 0 Å². The van der Waals surface area contributed by atoms with Crippen molar-refractivity contribution in [3.63, 3.8) is 0 Å². The van der Waals surface area contributed by atoms with Gasteiger partial charge in [-0.25, -0.2) is 0 Å². The Morgan fingerprint density at radius 3 is 2.42 bits per heavy atom. The molecule has 0 aliphatic heterocycles. The number of benzene rings is 1. The molecule has 19 heavy (non-hydrogen) atoms. The summed E-state index contributed by atoms with van der Waals surface area (Å²) < 4.78 is 0. The highest BCUT2D eigenvalue weighted by Gasteiger charge is 2.15. The van der Waals surface area contributed by atoms with Crippen molar-refractivity contribution in [2.45, 2.75) is 25.7 Å². The largest absolute Gasteiger partial charge is 0.481 e. The molecule has 0 aromatic heterocycles. The van der Waals surface area contributed by atoms with Gasteiger partial charge < -0.3 is 15.7 Å². The van der Waals surface area contributed by atoms with Gasteiger partial charge in [0, 0.05) is 25.7 Å². The topological polar surface area (TPSA) is 83.6 Å². The zero-order valence-electron chi connectivity index (χ0n) is 11.3. The minimum absolute atomic E-state index is 0.0293. The Morgan fingerprint density at radius 1 is 1.32 bits per heavy atom. The number of carboxylic acids is 1. The molecule has 0 radical (unpaired) electrons. The lowest BCUT2D eigenvalue weighted by Crippen LogP contribution is -2.29. The van der Waals surface area contributed by atoms with Crippen molar-refractivity contribution < 1.29 is 14.7 Å². The lowest BCUT2D eigenvalue weighted by Gasteiger charge is -2.19. The molecule has 5 heteroatoms. The van der Waals surface area contributed by atoms with Crippen LogP contribution in [0.3, 0.4) is 0 Å². The summed E-state index contributed by atoms with van der Waals surface area (Å²) in [7, 11) is 1.63. The minimum Gasteiger partial charge on any atom is -0.481 e. The van der Waals surface area contributed by atoms with E-state index in [9.17, 15) is 9.59 Å². The van der Waals surface area contributed by atoms with Gasteiger partial charge in [0.1, 0.15) is 0 Å². The zero-order valence-corrected chi connectivity index (χ0v) is 11.3. The Morgan fingerprint density at radius 2 is 1.89 bits per heavy atom. The first kappa shape index (κ1) is 15.0. The highest BCUT2D eigenvalue weighted by atomic mass is 16.4. The number of amides is 1. The summed E-state index contributed by atoms with van der Waals surface area (Å²) in [6, 6.07) is 7.43. The lowest BCUT2D eigenvalue weighted by atomic mass is 9.97. The second-order valence-electron chi connectivity index (χ2n) is 4.73. The van der Waals surface area contributed by atoms with Crippen LogP contribution in [-0.4, -0.2) is 35.5 Å². The van der Waals surface area contributed by atoms with Crippen LogP contribution in [0.1, 0.15) is 31.2 Å². The van der Waals surface area contributed by atoms with Crippen LogP contribution in [0, 0.1) is 0 Å². The average Bonchev–Trinajstić information content (AvgIpc) is 2.36. The number of nitrogen functional groups attached to an aromatic ring is 1. The predicted octanol–water partition coefficient (Wildman–Crippen LogP) is 1.70. The van der Waals surface area contributed by atoms with E-state index in [4.69, 9.17) is 10.8 Å². The molecule has 5 nitrogen and oxygen atoms in total. The molecule has 3 N–H and O–H groups in total. The van der Waals surface area contributed by atoms with Gasteiger partial charge in [-0.3, -0.25) is 9.59 Å². The van der Waals surface area contributed by atoms with Crippen molar-refractivity contribution in [1.29, 1.82) is 0 Å². The molecule has 1 atom stereocenters. The van der Waals surface area contributed by atoms with Gasteiger partial charge in [0.25, 0.3) is 0 Å². The number of anilines is 1. The van der Waals surface area contributed by atoms with E-state index in [0.29, 0.717) is 12.1 Å². The van der Waals surface area contributed by atoms with E-state index in [1.807, 2.05) is 31.2 Å². The second-order valence-corrected chi connectivity index (χ2v) is 4.73. The van der Waals surface area contributed by atoms with Gasteiger partial charge >= 0.3 is 5.97 Å². The van der Waals surface area contributed by atoms with E-state index < -0.39 is 5.97 Å². The smallest absolute Gasteiger partial charge is 0.305 e. The molecule has 0 bridgehead atoms. The lowest BCUT2D eigenvalue weighted by molar-refractivity contribution is -0.138. The van der Waals surface area contributed by atoms with Crippen LogP contribution >= 0.6 is 0 Å². The van der Waals surface area contributed by atoms with Crippen molar-refractivity contribution in [3.05, 3.63) is 29.8 Å². The van der Waals surface area contributed by atoms with Crippen LogP contribution in [0.25, 0.3) is 0 Å². The number of aliphatic carboxylic acids is 1. The highest BCUT2D eigenvalue weighted by molar-refractivity contribution is 5.77. The number of carboxylic acid groups (broad SMARTS) is 1. The van der Waals surface area contributed by atoms with Gasteiger partial charge in [-0.15, -0.1) is 0 Å². The zero-order chi connectivity index (χ0) is 14.4. The minimum atomic E-state index is -0.897. The number of nitrogens with zero attached hydrogens (tertiary/aromatic N) is 1. The third-order valence-corrected chi connectivity index (χ3v) is 3.07. The van der Waals surface area contributed by atoms with Crippen molar-refractivity contribution in [3.8, 4) is 0 Å². The van der Waals surface area contributed by atoms with Gasteiger partial charge in [-0.05, 0) is 23.6 Å². The molecular weight excluding hydrogens is 244 g/mol. The SMILES string of the molecule is CC(CC(=O)N(C)CCC(=O)O)c1ccc(N)cc1. The molecule has 0 fully saturated rings. The van der Waals surface area contributed by atoms with Crippen molar-refractivity contribution in [1.82, 2.24) is 4.90 Å². The summed E-state index contributed by atoms with van der Waals surface area (Å²) in [5, 5.41) is 8.58. The summed E-state index contributed by atoms with van der Waals surface area (Å²) in [6.45, 7) is 2.21. The molecule has 1 aromatic rings. The number of hydrogen-bond acceptors (Lipinski definition) is 3. The second kappa shape index (κ2) is 6.78. The van der Waals surface area contributed by atoms with Crippen LogP contribution in [0.2, 0.25) is 0 Å². The van der Waals surface area contributed by atoms with Crippen LogP contribution in [0.15, 0.2) is 24.3 Å². The van der Waals surface area contributed by atoms with Crippen LogP contribution in [0.5, 0.6) is 0 Å². The molecule has 104 valence electrons. The molecule has 0 saturated heterocycles. The van der Waals surface area contributed by atoms with Crippen LogP contribution < -0.4 is 5.73 Å². The summed E-state index contributed by atoms with van der Waals surface area (Å²) in [6.07, 6.45) is 0.332. The van der Waals surface area contributed by atoms with Crippen molar-refractivity contribution >= 4 is 17.6 Å². The number of rotatable bonds is 6. The molecule has 0 heterocycles. The van der Waals surface area contributed by atoms with Gasteiger partial charge in [0.05, 0.1) is 6.42 Å².